The van der Waals surface area contributed by atoms with E-state index in [0.29, 0.717) is 18.0 Å². The minimum atomic E-state index is -0.377. The van der Waals surface area contributed by atoms with Crippen molar-refractivity contribution >= 4 is 23.7 Å². The topological polar surface area (TPSA) is 85.8 Å². The highest BCUT2D eigenvalue weighted by atomic mass is 32.2. The van der Waals surface area contributed by atoms with E-state index in [4.69, 9.17) is 4.42 Å². The van der Waals surface area contributed by atoms with Crippen LogP contribution in [0.5, 0.6) is 0 Å². The number of carbonyl (C=O) groups excluding carboxylic acids is 1. The Morgan fingerprint density at radius 1 is 1.29 bits per heavy atom. The molecule has 0 aliphatic carbocycles. The summed E-state index contributed by atoms with van der Waals surface area (Å²) in [6.45, 7) is 1.87. The third-order valence-electron chi connectivity index (χ3n) is 3.55. The Balaban J connectivity index is 1.65. The molecule has 0 fully saturated rings. The number of aryl methyl sites for hydroxylation is 2. The molecule has 3 aromatic rings. The first-order chi connectivity index (χ1) is 11.5. The second kappa shape index (κ2) is 6.88. The van der Waals surface area contributed by atoms with E-state index in [2.05, 4.69) is 20.6 Å². The van der Waals surface area contributed by atoms with E-state index in [9.17, 15) is 4.79 Å². The van der Waals surface area contributed by atoms with Gasteiger partial charge in [-0.3, -0.25) is 14.8 Å². The van der Waals surface area contributed by atoms with Crippen LogP contribution in [0.25, 0.3) is 0 Å². The molecule has 0 bridgehead atoms. The molecular formula is C16H17N5O2S. The molecule has 0 unspecified atom stereocenters. The van der Waals surface area contributed by atoms with Gasteiger partial charge in [-0.2, -0.15) is 5.10 Å². The molecule has 2 heterocycles. The zero-order valence-electron chi connectivity index (χ0n) is 13.6. The summed E-state index contributed by atoms with van der Waals surface area (Å²) in [5.41, 5.74) is 2.26. The average Bonchev–Trinajstić information content (AvgIpc) is 3.15. The van der Waals surface area contributed by atoms with Crippen molar-refractivity contribution in [1.29, 1.82) is 0 Å². The summed E-state index contributed by atoms with van der Waals surface area (Å²) in [6, 6.07) is 9.89. The maximum absolute atomic E-state index is 12.1. The fourth-order valence-corrected chi connectivity index (χ4v) is 2.53. The van der Waals surface area contributed by atoms with Gasteiger partial charge in [-0.05, 0) is 36.9 Å². The van der Waals surface area contributed by atoms with Crippen molar-refractivity contribution in [2.75, 3.05) is 11.6 Å². The second-order valence-corrected chi connectivity index (χ2v) is 6.15. The summed E-state index contributed by atoms with van der Waals surface area (Å²) in [5.74, 6) is 0.0672. The van der Waals surface area contributed by atoms with Gasteiger partial charge in [0.05, 0.1) is 6.42 Å². The number of anilines is 1. The van der Waals surface area contributed by atoms with E-state index in [1.807, 2.05) is 37.4 Å². The third kappa shape index (κ3) is 3.65. The number of nitrogens with one attached hydrogen (secondary N) is 1. The summed E-state index contributed by atoms with van der Waals surface area (Å²) in [6.07, 6.45) is 2.55. The van der Waals surface area contributed by atoms with Gasteiger partial charge in [0.1, 0.15) is 0 Å². The van der Waals surface area contributed by atoms with E-state index in [-0.39, 0.29) is 11.9 Å². The Kier molecular flexibility index (Phi) is 4.66. The number of aromatic nitrogens is 4. The third-order valence-corrected chi connectivity index (χ3v) is 4.29. The lowest BCUT2D eigenvalue weighted by atomic mass is 10.1. The number of hydrogen-bond donors (Lipinski definition) is 1. The van der Waals surface area contributed by atoms with E-state index >= 15 is 0 Å². The minimum Gasteiger partial charge on any atom is -0.407 e. The molecule has 0 aliphatic heterocycles. The van der Waals surface area contributed by atoms with Crippen molar-refractivity contribution in [1.82, 2.24) is 20.0 Å². The summed E-state index contributed by atoms with van der Waals surface area (Å²) in [4.78, 5) is 13.3. The van der Waals surface area contributed by atoms with Crippen LogP contribution in [0, 0.1) is 6.92 Å². The van der Waals surface area contributed by atoms with Crippen molar-refractivity contribution in [2.24, 2.45) is 7.05 Å². The van der Waals surface area contributed by atoms with Crippen LogP contribution in [0.4, 0.5) is 6.01 Å². The van der Waals surface area contributed by atoms with E-state index in [1.54, 1.807) is 29.6 Å². The second-order valence-electron chi connectivity index (χ2n) is 5.27. The van der Waals surface area contributed by atoms with Gasteiger partial charge in [-0.15, -0.1) is 16.9 Å². The maximum Gasteiger partial charge on any atom is 0.322 e. The molecule has 0 radical (unpaired) electrons. The molecular weight excluding hydrogens is 326 g/mol. The smallest absolute Gasteiger partial charge is 0.322 e. The zero-order chi connectivity index (χ0) is 17.1. The first kappa shape index (κ1) is 16.3. The first-order valence-electron chi connectivity index (χ1n) is 7.32. The zero-order valence-corrected chi connectivity index (χ0v) is 14.4. The highest BCUT2D eigenvalue weighted by molar-refractivity contribution is 7.98. The SMILES string of the molecule is CSc1ccc(Cc2nnc(NC(=O)c3cc(C)n(C)n3)o2)cc1. The van der Waals surface area contributed by atoms with Gasteiger partial charge in [-0.1, -0.05) is 17.2 Å². The lowest BCUT2D eigenvalue weighted by Crippen LogP contribution is -2.13. The van der Waals surface area contributed by atoms with Crippen LogP contribution >= 0.6 is 11.8 Å². The van der Waals surface area contributed by atoms with Gasteiger partial charge >= 0.3 is 6.01 Å². The Hall–Kier alpha value is -2.61. The summed E-state index contributed by atoms with van der Waals surface area (Å²) in [5, 5.41) is 14.5. The van der Waals surface area contributed by atoms with Gasteiger partial charge in [0.15, 0.2) is 5.69 Å². The molecule has 1 amide bonds. The van der Waals surface area contributed by atoms with Gasteiger partial charge in [0, 0.05) is 17.6 Å². The standard InChI is InChI=1S/C16H17N5O2S/c1-10-8-13(20-21(10)2)15(22)17-16-19-18-14(23-16)9-11-4-6-12(24-3)7-5-11/h4-8H,9H2,1-3H3,(H,17,19,22). The molecule has 0 saturated heterocycles. The van der Waals surface area contributed by atoms with Crippen LogP contribution in [0.15, 0.2) is 39.6 Å². The van der Waals surface area contributed by atoms with Gasteiger partial charge < -0.3 is 4.42 Å². The number of amides is 1. The van der Waals surface area contributed by atoms with Gasteiger partial charge in [0.25, 0.3) is 5.91 Å². The summed E-state index contributed by atoms with van der Waals surface area (Å²) < 4.78 is 7.11. The van der Waals surface area contributed by atoms with Crippen molar-refractivity contribution in [3.8, 4) is 0 Å². The molecule has 7 nitrogen and oxygen atoms in total. The lowest BCUT2D eigenvalue weighted by molar-refractivity contribution is 0.101. The molecule has 1 aromatic carbocycles. The molecule has 8 heteroatoms. The normalized spacial score (nSPS) is 10.8. The molecule has 24 heavy (non-hydrogen) atoms. The molecule has 124 valence electrons. The summed E-state index contributed by atoms with van der Waals surface area (Å²) >= 11 is 1.69. The Morgan fingerprint density at radius 3 is 2.67 bits per heavy atom. The van der Waals surface area contributed by atoms with E-state index in [0.717, 1.165) is 11.3 Å². The molecule has 0 saturated carbocycles. The van der Waals surface area contributed by atoms with E-state index in [1.165, 1.54) is 4.90 Å². The van der Waals surface area contributed by atoms with Gasteiger partial charge in [-0.25, -0.2) is 0 Å². The molecule has 2 aromatic heterocycles. The molecule has 3 rings (SSSR count). The van der Waals surface area contributed by atoms with Crippen LogP contribution in [-0.2, 0) is 13.5 Å². The monoisotopic (exact) mass is 343 g/mol. The number of rotatable bonds is 5. The predicted molar refractivity (Wildman–Crippen MR) is 91.2 cm³/mol. The molecule has 0 aliphatic rings. The maximum atomic E-state index is 12.1. The summed E-state index contributed by atoms with van der Waals surface area (Å²) in [7, 11) is 1.78. The first-order valence-corrected chi connectivity index (χ1v) is 8.55. The quantitative estimate of drug-likeness (QED) is 0.717. The van der Waals surface area contributed by atoms with Crippen molar-refractivity contribution < 1.29 is 9.21 Å². The van der Waals surface area contributed by atoms with Crippen molar-refractivity contribution in [3.05, 3.63) is 53.2 Å². The van der Waals surface area contributed by atoms with Crippen LogP contribution in [-0.4, -0.2) is 32.1 Å². The van der Waals surface area contributed by atoms with Gasteiger partial charge in [0.2, 0.25) is 5.89 Å². The average molecular weight is 343 g/mol. The fraction of sp³-hybridized carbons (Fsp3) is 0.250. The Labute approximate surface area is 143 Å². The highest BCUT2D eigenvalue weighted by Gasteiger charge is 2.15. The van der Waals surface area contributed by atoms with Crippen molar-refractivity contribution in [2.45, 2.75) is 18.2 Å². The number of carbonyl (C=O) groups is 1. The lowest BCUT2D eigenvalue weighted by Gasteiger charge is -1.99. The molecule has 0 atom stereocenters. The molecule has 0 spiro atoms. The highest BCUT2D eigenvalue weighted by Crippen LogP contribution is 2.17. The number of thioether (sulfide) groups is 1. The Bertz CT molecular complexity index is 834. The Morgan fingerprint density at radius 2 is 2.04 bits per heavy atom. The van der Waals surface area contributed by atoms with E-state index < -0.39 is 0 Å². The minimum absolute atomic E-state index is 0.0686. The molecule has 1 N–H and O–H groups in total. The number of hydrogen-bond acceptors (Lipinski definition) is 6. The number of benzene rings is 1. The van der Waals surface area contributed by atoms with Crippen LogP contribution in [0.3, 0.4) is 0 Å². The van der Waals surface area contributed by atoms with Crippen molar-refractivity contribution in [3.63, 3.8) is 0 Å². The van der Waals surface area contributed by atoms with Crippen LogP contribution in [0.2, 0.25) is 0 Å². The fourth-order valence-electron chi connectivity index (χ4n) is 2.13. The largest absolute Gasteiger partial charge is 0.407 e. The van der Waals surface area contributed by atoms with Crippen LogP contribution in [0.1, 0.15) is 27.6 Å². The predicted octanol–water partition coefficient (Wildman–Crippen LogP) is 2.68. The number of nitrogens with zero attached hydrogens (tertiary/aromatic N) is 4. The van der Waals surface area contributed by atoms with Crippen LogP contribution < -0.4 is 5.32 Å².